The van der Waals surface area contributed by atoms with Gasteiger partial charge in [-0.05, 0) is 96.5 Å². The highest BCUT2D eigenvalue weighted by molar-refractivity contribution is 5.90. The van der Waals surface area contributed by atoms with Crippen LogP contribution in [0.3, 0.4) is 0 Å². The van der Waals surface area contributed by atoms with Crippen LogP contribution in [0.5, 0.6) is 23.0 Å². The Hall–Kier alpha value is -4.45. The van der Waals surface area contributed by atoms with Gasteiger partial charge in [-0.1, -0.05) is 98.7 Å². The molecule has 1 aliphatic carbocycles. The summed E-state index contributed by atoms with van der Waals surface area (Å²) in [5, 5.41) is 47.4. The van der Waals surface area contributed by atoms with Crippen LogP contribution in [-0.2, 0) is 46.7 Å². The lowest BCUT2D eigenvalue weighted by molar-refractivity contribution is 0.0526. The summed E-state index contributed by atoms with van der Waals surface area (Å²) in [5.41, 5.74) is 7.39. The van der Waals surface area contributed by atoms with Crippen molar-refractivity contribution in [2.24, 2.45) is 0 Å². The van der Waals surface area contributed by atoms with E-state index in [1.165, 1.54) is 0 Å². The van der Waals surface area contributed by atoms with E-state index in [9.17, 15) is 25.2 Å². The molecule has 0 saturated heterocycles. The first-order valence-corrected chi connectivity index (χ1v) is 17.2. The average Bonchev–Trinajstić information content (AvgIpc) is 2.98. The molecule has 0 radical (unpaired) electrons. The maximum absolute atomic E-state index is 13.1. The Kier molecular flexibility index (Phi) is 9.35. The van der Waals surface area contributed by atoms with Crippen LogP contribution in [-0.4, -0.2) is 33.0 Å². The van der Waals surface area contributed by atoms with Crippen LogP contribution in [0.4, 0.5) is 0 Å². The summed E-state index contributed by atoms with van der Waals surface area (Å²) in [6.45, 7) is 21.0. The molecule has 260 valence electrons. The maximum atomic E-state index is 13.1. The van der Waals surface area contributed by atoms with Crippen molar-refractivity contribution in [2.75, 3.05) is 6.61 Å². The van der Waals surface area contributed by atoms with E-state index in [-0.39, 0.29) is 71.5 Å². The summed E-state index contributed by atoms with van der Waals surface area (Å²) in [6, 6.07) is 15.2. The molecule has 4 aromatic rings. The van der Waals surface area contributed by atoms with E-state index < -0.39 is 5.97 Å². The van der Waals surface area contributed by atoms with Crippen molar-refractivity contribution in [3.63, 3.8) is 0 Å². The van der Waals surface area contributed by atoms with E-state index in [0.29, 0.717) is 50.1 Å². The molecule has 0 spiro atoms. The van der Waals surface area contributed by atoms with Gasteiger partial charge in [0.05, 0.1) is 12.2 Å². The number of carbonyl (C=O) groups is 1. The summed E-state index contributed by atoms with van der Waals surface area (Å²) >= 11 is 0. The highest BCUT2D eigenvalue weighted by Crippen LogP contribution is 2.42. The van der Waals surface area contributed by atoms with E-state index >= 15 is 0 Å². The smallest absolute Gasteiger partial charge is 0.338 e. The highest BCUT2D eigenvalue weighted by atomic mass is 16.5. The largest absolute Gasteiger partial charge is 0.507 e. The van der Waals surface area contributed by atoms with Gasteiger partial charge in [-0.2, -0.15) is 0 Å². The SMILES string of the molecule is CCOC(=O)c1cc2c(O)c(c1)Cc1cc(C(C)(C)C)cc(c1O)Cc1cc(C(C)(C)C)cc(c1O)Cc1cc(C(C)(C)C)cc(c1O)C2. The quantitative estimate of drug-likeness (QED) is 0.140. The summed E-state index contributed by atoms with van der Waals surface area (Å²) < 4.78 is 5.37. The summed E-state index contributed by atoms with van der Waals surface area (Å²) in [7, 11) is 0. The van der Waals surface area contributed by atoms with Gasteiger partial charge in [-0.25, -0.2) is 4.79 Å². The third-order valence-corrected chi connectivity index (χ3v) is 9.70. The fourth-order valence-corrected chi connectivity index (χ4v) is 6.57. The monoisotopic (exact) mass is 664 g/mol. The molecule has 0 saturated carbocycles. The van der Waals surface area contributed by atoms with Crippen LogP contribution in [0.1, 0.15) is 141 Å². The Morgan fingerprint density at radius 2 is 0.714 bits per heavy atom. The number of aromatic hydroxyl groups is 4. The molecule has 0 amide bonds. The van der Waals surface area contributed by atoms with Gasteiger partial charge in [0.2, 0.25) is 0 Å². The lowest BCUT2D eigenvalue weighted by Crippen LogP contribution is -2.15. The van der Waals surface area contributed by atoms with Crippen LogP contribution in [0.25, 0.3) is 0 Å². The van der Waals surface area contributed by atoms with Crippen molar-refractivity contribution >= 4 is 5.97 Å². The Morgan fingerprint density at radius 1 is 0.490 bits per heavy atom. The Bertz CT molecular complexity index is 1810. The van der Waals surface area contributed by atoms with Gasteiger partial charge in [-0.3, -0.25) is 0 Å². The van der Waals surface area contributed by atoms with E-state index in [1.54, 1.807) is 19.1 Å². The van der Waals surface area contributed by atoms with E-state index in [1.807, 2.05) is 36.4 Å². The Morgan fingerprint density at radius 3 is 0.918 bits per heavy atom. The lowest BCUT2D eigenvalue weighted by atomic mass is 9.80. The van der Waals surface area contributed by atoms with Crippen molar-refractivity contribution in [3.8, 4) is 23.0 Å². The number of phenols is 4. The molecule has 6 heteroatoms. The first-order chi connectivity index (χ1) is 22.7. The van der Waals surface area contributed by atoms with E-state index in [4.69, 9.17) is 4.74 Å². The summed E-state index contributed by atoms with van der Waals surface area (Å²) in [4.78, 5) is 13.1. The number of hydrogen-bond acceptors (Lipinski definition) is 6. The topological polar surface area (TPSA) is 107 Å². The third-order valence-electron chi connectivity index (χ3n) is 9.70. The third kappa shape index (κ3) is 7.44. The van der Waals surface area contributed by atoms with Gasteiger partial charge in [0.15, 0.2) is 0 Å². The molecular weight excluding hydrogens is 612 g/mol. The van der Waals surface area contributed by atoms with Gasteiger partial charge in [-0.15, -0.1) is 0 Å². The maximum Gasteiger partial charge on any atom is 0.338 e. The molecule has 0 aromatic heterocycles. The van der Waals surface area contributed by atoms with Gasteiger partial charge in [0, 0.05) is 25.7 Å². The second-order valence-electron chi connectivity index (χ2n) is 16.7. The minimum Gasteiger partial charge on any atom is -0.507 e. The molecular formula is C43H52O6. The molecule has 8 bridgehead atoms. The van der Waals surface area contributed by atoms with E-state index in [0.717, 1.165) is 16.7 Å². The van der Waals surface area contributed by atoms with Crippen molar-refractivity contribution < 1.29 is 30.0 Å². The predicted octanol–water partition coefficient (Wildman–Crippen LogP) is 9.25. The molecule has 0 unspecified atom stereocenters. The van der Waals surface area contributed by atoms with Crippen LogP contribution < -0.4 is 0 Å². The van der Waals surface area contributed by atoms with Gasteiger partial charge in [0.25, 0.3) is 0 Å². The zero-order valence-corrected chi connectivity index (χ0v) is 30.8. The molecule has 0 atom stereocenters. The van der Waals surface area contributed by atoms with Crippen LogP contribution in [0.15, 0.2) is 48.5 Å². The molecule has 0 aliphatic heterocycles. The zero-order valence-electron chi connectivity index (χ0n) is 30.8. The van der Waals surface area contributed by atoms with Gasteiger partial charge >= 0.3 is 5.97 Å². The standard InChI is InChI=1S/C43H52O6/c1-11-49-40(48)32-16-24-12-26-18-33(41(2,3)4)20-28(37(26)45)14-30-22-35(43(8,9)10)23-31(39(30)47)15-29-21-34(42(5,6)7)19-27(38(29)46)13-25(17-32)36(24)44/h16-23,44-47H,11-15H2,1-10H3. The number of benzene rings is 4. The van der Waals surface area contributed by atoms with Crippen molar-refractivity contribution in [1.29, 1.82) is 0 Å². The fraction of sp³-hybridized carbons (Fsp3) is 0.419. The number of phenolic OH excluding ortho intramolecular Hbond substituents is 4. The molecule has 4 aromatic carbocycles. The van der Waals surface area contributed by atoms with Crippen molar-refractivity contribution in [3.05, 3.63) is 115 Å². The number of carbonyl (C=O) groups excluding carboxylic acids is 1. The van der Waals surface area contributed by atoms with Crippen molar-refractivity contribution in [1.82, 2.24) is 0 Å². The molecule has 0 fully saturated rings. The lowest BCUT2D eigenvalue weighted by Gasteiger charge is -2.26. The first-order valence-electron chi connectivity index (χ1n) is 17.2. The number of ether oxygens (including phenoxy) is 1. The normalized spacial score (nSPS) is 13.7. The van der Waals surface area contributed by atoms with Gasteiger partial charge < -0.3 is 25.2 Å². The number of esters is 1. The minimum absolute atomic E-state index is 0.00190. The average molecular weight is 665 g/mol. The van der Waals surface area contributed by atoms with Crippen molar-refractivity contribution in [2.45, 2.75) is 111 Å². The molecule has 1 aliphatic rings. The second-order valence-corrected chi connectivity index (χ2v) is 16.7. The molecule has 6 nitrogen and oxygen atoms in total. The summed E-state index contributed by atoms with van der Waals surface area (Å²) in [6.07, 6.45) is 0.830. The molecule has 0 heterocycles. The van der Waals surface area contributed by atoms with E-state index in [2.05, 4.69) is 62.3 Å². The Balaban J connectivity index is 1.88. The fourth-order valence-electron chi connectivity index (χ4n) is 6.57. The predicted molar refractivity (Wildman–Crippen MR) is 196 cm³/mol. The first kappa shape index (κ1) is 35.8. The molecule has 4 N–H and O–H groups in total. The van der Waals surface area contributed by atoms with Crippen LogP contribution in [0.2, 0.25) is 0 Å². The zero-order chi connectivity index (χ0) is 36.2. The minimum atomic E-state index is -0.510. The number of hydrogen-bond donors (Lipinski definition) is 4. The number of rotatable bonds is 2. The van der Waals surface area contributed by atoms with Crippen LogP contribution >= 0.6 is 0 Å². The second kappa shape index (κ2) is 12.8. The highest BCUT2D eigenvalue weighted by Gasteiger charge is 2.27. The van der Waals surface area contributed by atoms with Gasteiger partial charge in [0.1, 0.15) is 23.0 Å². The Labute approximate surface area is 291 Å². The molecule has 49 heavy (non-hydrogen) atoms. The summed E-state index contributed by atoms with van der Waals surface area (Å²) in [5.74, 6) is -0.192. The molecule has 5 rings (SSSR count). The van der Waals surface area contributed by atoms with Crippen LogP contribution in [0, 0.1) is 0 Å². The number of fused-ring (bicyclic) bond motifs is 8.